The Labute approximate surface area is 155 Å². The van der Waals surface area contributed by atoms with Gasteiger partial charge in [0.15, 0.2) is 17.5 Å². The summed E-state index contributed by atoms with van der Waals surface area (Å²) in [5.74, 6) is 3.06. The molecule has 1 atom stereocenters. The molecule has 0 aliphatic carbocycles. The Bertz CT molecular complexity index is 602. The van der Waals surface area contributed by atoms with E-state index in [0.717, 1.165) is 75.4 Å². The van der Waals surface area contributed by atoms with E-state index in [0.29, 0.717) is 12.7 Å². The minimum absolute atomic E-state index is 0.299. The molecule has 2 aliphatic rings. The normalized spacial score (nSPS) is 19.0. The maximum absolute atomic E-state index is 5.73. The summed E-state index contributed by atoms with van der Waals surface area (Å²) in [4.78, 5) is 6.45. The molecule has 1 N–H and O–H groups in total. The van der Waals surface area contributed by atoms with E-state index in [4.69, 9.17) is 18.9 Å². The lowest BCUT2D eigenvalue weighted by molar-refractivity contribution is 0.0887. The molecule has 2 heterocycles. The predicted octanol–water partition coefficient (Wildman–Crippen LogP) is 1.87. The molecule has 1 aromatic rings. The van der Waals surface area contributed by atoms with Gasteiger partial charge < -0.3 is 29.2 Å². The van der Waals surface area contributed by atoms with Crippen LogP contribution >= 0.6 is 0 Å². The predicted molar refractivity (Wildman–Crippen MR) is 99.8 cm³/mol. The molecule has 1 unspecified atom stereocenters. The summed E-state index contributed by atoms with van der Waals surface area (Å²) >= 11 is 0. The van der Waals surface area contributed by atoms with Gasteiger partial charge in [0, 0.05) is 46.3 Å². The van der Waals surface area contributed by atoms with Crippen LogP contribution in [0, 0.1) is 5.92 Å². The minimum atomic E-state index is 0.299. The first-order valence-corrected chi connectivity index (χ1v) is 9.22. The van der Waals surface area contributed by atoms with E-state index in [2.05, 4.69) is 21.3 Å². The van der Waals surface area contributed by atoms with Crippen LogP contribution in [0.15, 0.2) is 23.2 Å². The van der Waals surface area contributed by atoms with E-state index in [1.54, 1.807) is 7.05 Å². The molecule has 1 saturated heterocycles. The Morgan fingerprint density at radius 3 is 3.04 bits per heavy atom. The zero-order valence-corrected chi connectivity index (χ0v) is 15.7. The highest BCUT2D eigenvalue weighted by molar-refractivity contribution is 5.79. The SMILES string of the molecule is CN=C(NCCCOCC1CCOC1)N(C)Cc1ccc2c(c1)OCO2. The summed E-state index contributed by atoms with van der Waals surface area (Å²) in [6.45, 7) is 5.16. The average Bonchev–Trinajstić information content (AvgIpc) is 3.32. The standard InChI is InChI=1S/C19H29N3O4/c1-20-19(21-7-3-8-23-12-16-6-9-24-13-16)22(2)11-15-4-5-17-18(10-15)26-14-25-17/h4-5,10,16H,3,6-9,11-14H2,1-2H3,(H,20,21). The minimum Gasteiger partial charge on any atom is -0.454 e. The molecule has 0 bridgehead atoms. The van der Waals surface area contributed by atoms with Gasteiger partial charge in [0.2, 0.25) is 6.79 Å². The molecular formula is C19H29N3O4. The van der Waals surface area contributed by atoms with Crippen molar-refractivity contribution < 1.29 is 18.9 Å². The molecule has 3 rings (SSSR count). The van der Waals surface area contributed by atoms with Crippen molar-refractivity contribution in [3.8, 4) is 11.5 Å². The summed E-state index contributed by atoms with van der Waals surface area (Å²) in [6.07, 6.45) is 2.07. The lowest BCUT2D eigenvalue weighted by Gasteiger charge is -2.22. The van der Waals surface area contributed by atoms with Gasteiger partial charge in [-0.1, -0.05) is 6.07 Å². The third-order valence-corrected chi connectivity index (χ3v) is 4.56. The number of rotatable bonds is 8. The molecule has 2 aliphatic heterocycles. The number of nitrogens with zero attached hydrogens (tertiary/aromatic N) is 2. The number of hydrogen-bond donors (Lipinski definition) is 1. The Morgan fingerprint density at radius 2 is 2.23 bits per heavy atom. The first-order chi connectivity index (χ1) is 12.8. The largest absolute Gasteiger partial charge is 0.454 e. The molecule has 0 aromatic heterocycles. The summed E-state index contributed by atoms with van der Waals surface area (Å²) in [6, 6.07) is 6.03. The average molecular weight is 363 g/mol. The van der Waals surface area contributed by atoms with Crippen molar-refractivity contribution in [1.82, 2.24) is 10.2 Å². The van der Waals surface area contributed by atoms with Gasteiger partial charge in [-0.15, -0.1) is 0 Å². The Hall–Kier alpha value is -1.99. The van der Waals surface area contributed by atoms with Gasteiger partial charge >= 0.3 is 0 Å². The quantitative estimate of drug-likeness (QED) is 0.432. The third kappa shape index (κ3) is 5.25. The van der Waals surface area contributed by atoms with Crippen LogP contribution in [-0.2, 0) is 16.0 Å². The van der Waals surface area contributed by atoms with Crippen molar-refractivity contribution in [2.45, 2.75) is 19.4 Å². The number of hydrogen-bond acceptors (Lipinski definition) is 5. The van der Waals surface area contributed by atoms with Gasteiger partial charge in [-0.3, -0.25) is 4.99 Å². The van der Waals surface area contributed by atoms with Crippen molar-refractivity contribution in [2.24, 2.45) is 10.9 Å². The third-order valence-electron chi connectivity index (χ3n) is 4.56. The smallest absolute Gasteiger partial charge is 0.231 e. The highest BCUT2D eigenvalue weighted by atomic mass is 16.7. The van der Waals surface area contributed by atoms with Gasteiger partial charge in [-0.05, 0) is 30.5 Å². The van der Waals surface area contributed by atoms with Gasteiger partial charge in [0.05, 0.1) is 13.2 Å². The van der Waals surface area contributed by atoms with Crippen LogP contribution in [0.4, 0.5) is 0 Å². The molecule has 7 heteroatoms. The molecule has 0 saturated carbocycles. The highest BCUT2D eigenvalue weighted by Gasteiger charge is 2.16. The van der Waals surface area contributed by atoms with E-state index in [1.807, 2.05) is 19.2 Å². The van der Waals surface area contributed by atoms with Crippen LogP contribution in [0.1, 0.15) is 18.4 Å². The van der Waals surface area contributed by atoms with Crippen molar-refractivity contribution >= 4 is 5.96 Å². The first kappa shape index (κ1) is 18.8. The number of benzene rings is 1. The number of ether oxygens (including phenoxy) is 4. The number of nitrogens with one attached hydrogen (secondary N) is 1. The van der Waals surface area contributed by atoms with Crippen LogP contribution in [0.5, 0.6) is 11.5 Å². The molecule has 0 amide bonds. The number of fused-ring (bicyclic) bond motifs is 1. The Balaban J connectivity index is 1.35. The lowest BCUT2D eigenvalue weighted by atomic mass is 10.1. The van der Waals surface area contributed by atoms with Gasteiger partial charge in [0.25, 0.3) is 0 Å². The first-order valence-electron chi connectivity index (χ1n) is 9.22. The summed E-state index contributed by atoms with van der Waals surface area (Å²) in [5.41, 5.74) is 1.15. The zero-order chi connectivity index (χ0) is 18.2. The van der Waals surface area contributed by atoms with Crippen molar-refractivity contribution in [2.75, 3.05) is 53.9 Å². The fraction of sp³-hybridized carbons (Fsp3) is 0.632. The second kappa shape index (κ2) is 9.64. The molecule has 1 aromatic carbocycles. The van der Waals surface area contributed by atoms with Crippen LogP contribution < -0.4 is 14.8 Å². The Kier molecular flexibility index (Phi) is 6.96. The summed E-state index contributed by atoms with van der Waals surface area (Å²) in [5, 5.41) is 3.39. The van der Waals surface area contributed by atoms with Crippen molar-refractivity contribution in [3.05, 3.63) is 23.8 Å². The van der Waals surface area contributed by atoms with Crippen LogP contribution in [0.25, 0.3) is 0 Å². The fourth-order valence-corrected chi connectivity index (χ4v) is 3.11. The van der Waals surface area contributed by atoms with Gasteiger partial charge in [-0.25, -0.2) is 0 Å². The molecule has 26 heavy (non-hydrogen) atoms. The summed E-state index contributed by atoms with van der Waals surface area (Å²) < 4.78 is 21.9. The highest BCUT2D eigenvalue weighted by Crippen LogP contribution is 2.32. The van der Waals surface area contributed by atoms with E-state index in [1.165, 1.54) is 0 Å². The van der Waals surface area contributed by atoms with Crippen molar-refractivity contribution in [3.63, 3.8) is 0 Å². The lowest BCUT2D eigenvalue weighted by Crippen LogP contribution is -2.39. The van der Waals surface area contributed by atoms with Crippen molar-refractivity contribution in [1.29, 1.82) is 0 Å². The maximum Gasteiger partial charge on any atom is 0.231 e. The van der Waals surface area contributed by atoms with E-state index in [9.17, 15) is 0 Å². The molecule has 1 fully saturated rings. The Morgan fingerprint density at radius 1 is 1.35 bits per heavy atom. The van der Waals surface area contributed by atoms with E-state index < -0.39 is 0 Å². The second-order valence-electron chi connectivity index (χ2n) is 6.68. The number of aliphatic imine (C=N–C) groups is 1. The molecule has 7 nitrogen and oxygen atoms in total. The molecular weight excluding hydrogens is 334 g/mol. The molecule has 0 radical (unpaired) electrons. The molecule has 144 valence electrons. The van der Waals surface area contributed by atoms with Crippen LogP contribution in [0.2, 0.25) is 0 Å². The van der Waals surface area contributed by atoms with Gasteiger partial charge in [-0.2, -0.15) is 0 Å². The summed E-state index contributed by atoms with van der Waals surface area (Å²) in [7, 11) is 3.82. The second-order valence-corrected chi connectivity index (χ2v) is 6.68. The van der Waals surface area contributed by atoms with Crippen LogP contribution in [-0.4, -0.2) is 64.7 Å². The van der Waals surface area contributed by atoms with E-state index in [-0.39, 0.29) is 0 Å². The van der Waals surface area contributed by atoms with Crippen LogP contribution in [0.3, 0.4) is 0 Å². The molecule has 0 spiro atoms. The zero-order valence-electron chi connectivity index (χ0n) is 15.7. The maximum atomic E-state index is 5.73. The van der Waals surface area contributed by atoms with E-state index >= 15 is 0 Å². The number of guanidine groups is 1. The van der Waals surface area contributed by atoms with Gasteiger partial charge in [0.1, 0.15) is 0 Å². The topological polar surface area (TPSA) is 64.6 Å². The fourth-order valence-electron chi connectivity index (χ4n) is 3.11. The monoisotopic (exact) mass is 363 g/mol.